The quantitative estimate of drug-likeness (QED) is 0.867. The predicted molar refractivity (Wildman–Crippen MR) is 86.3 cm³/mol. The fourth-order valence-corrected chi connectivity index (χ4v) is 3.25. The largest absolute Gasteiger partial charge is 0.464 e. The number of aliphatic imine (C=N–C) groups is 1. The molecule has 21 heavy (non-hydrogen) atoms. The Morgan fingerprint density at radius 3 is 2.90 bits per heavy atom. The van der Waals surface area contributed by atoms with Gasteiger partial charge in [-0.2, -0.15) is 0 Å². The molecule has 0 bridgehead atoms. The van der Waals surface area contributed by atoms with Crippen molar-refractivity contribution < 1.29 is 4.42 Å². The summed E-state index contributed by atoms with van der Waals surface area (Å²) < 4.78 is 5.72. The molecule has 4 nitrogen and oxygen atoms in total. The van der Waals surface area contributed by atoms with Crippen LogP contribution in [0, 0.1) is 6.92 Å². The third-order valence-electron chi connectivity index (χ3n) is 3.29. The van der Waals surface area contributed by atoms with Crippen molar-refractivity contribution in [1.82, 2.24) is 9.88 Å². The van der Waals surface area contributed by atoms with Crippen molar-refractivity contribution in [3.63, 3.8) is 0 Å². The molecule has 5 heteroatoms. The second-order valence-corrected chi connectivity index (χ2v) is 6.16. The molecule has 0 N–H and O–H groups in total. The molecule has 0 saturated carbocycles. The number of pyridine rings is 1. The van der Waals surface area contributed by atoms with E-state index < -0.39 is 0 Å². The highest BCUT2D eigenvalue weighted by Crippen LogP contribution is 2.21. The molecule has 0 aliphatic carbocycles. The lowest BCUT2D eigenvalue weighted by atomic mass is 10.2. The molecule has 0 unspecified atom stereocenters. The Hall–Kier alpha value is -1.75. The van der Waals surface area contributed by atoms with Crippen LogP contribution in [0.4, 0.5) is 0 Å². The van der Waals surface area contributed by atoms with E-state index in [1.54, 1.807) is 6.20 Å². The molecule has 0 amide bonds. The number of rotatable bonds is 4. The Morgan fingerprint density at radius 1 is 1.29 bits per heavy atom. The fraction of sp³-hybridized carbons (Fsp3) is 0.375. The van der Waals surface area contributed by atoms with E-state index in [9.17, 15) is 0 Å². The highest BCUT2D eigenvalue weighted by atomic mass is 32.2. The van der Waals surface area contributed by atoms with Crippen molar-refractivity contribution in [2.45, 2.75) is 26.4 Å². The highest BCUT2D eigenvalue weighted by Gasteiger charge is 2.17. The number of hydrogen-bond donors (Lipinski definition) is 0. The monoisotopic (exact) mass is 301 g/mol. The minimum absolute atomic E-state index is 0.745. The van der Waals surface area contributed by atoms with E-state index in [-0.39, 0.29) is 0 Å². The third kappa shape index (κ3) is 3.88. The van der Waals surface area contributed by atoms with Gasteiger partial charge >= 0.3 is 0 Å². The van der Waals surface area contributed by atoms with Gasteiger partial charge in [-0.25, -0.2) is 0 Å². The standard InChI is InChI=1S/C16H19N3OS/c1-13-5-6-15(20-13)12-19(16-18-8-3-9-21-16)11-14-4-2-7-17-10-14/h2,4-7,10H,3,8-9,11-12H2,1H3. The number of hydrogen-bond acceptors (Lipinski definition) is 5. The van der Waals surface area contributed by atoms with E-state index in [0.29, 0.717) is 0 Å². The minimum Gasteiger partial charge on any atom is -0.464 e. The highest BCUT2D eigenvalue weighted by molar-refractivity contribution is 8.13. The average Bonchev–Trinajstić information content (AvgIpc) is 2.94. The van der Waals surface area contributed by atoms with Crippen LogP contribution in [0.1, 0.15) is 23.5 Å². The van der Waals surface area contributed by atoms with Crippen LogP contribution in [-0.4, -0.2) is 27.3 Å². The van der Waals surface area contributed by atoms with E-state index in [2.05, 4.69) is 20.9 Å². The average molecular weight is 301 g/mol. The molecule has 0 saturated heterocycles. The topological polar surface area (TPSA) is 41.6 Å². The van der Waals surface area contributed by atoms with Gasteiger partial charge in [0.25, 0.3) is 0 Å². The van der Waals surface area contributed by atoms with Crippen LogP contribution in [0.25, 0.3) is 0 Å². The number of nitrogens with zero attached hydrogens (tertiary/aromatic N) is 3. The molecule has 1 aliphatic heterocycles. The maximum absolute atomic E-state index is 5.72. The molecule has 3 heterocycles. The van der Waals surface area contributed by atoms with E-state index in [1.165, 1.54) is 5.56 Å². The zero-order valence-corrected chi connectivity index (χ0v) is 13.0. The first-order chi connectivity index (χ1) is 10.3. The van der Waals surface area contributed by atoms with E-state index >= 15 is 0 Å². The van der Waals surface area contributed by atoms with Crippen LogP contribution >= 0.6 is 11.8 Å². The van der Waals surface area contributed by atoms with E-state index in [4.69, 9.17) is 4.42 Å². The summed E-state index contributed by atoms with van der Waals surface area (Å²) >= 11 is 1.83. The van der Waals surface area contributed by atoms with Crippen LogP contribution < -0.4 is 0 Å². The van der Waals surface area contributed by atoms with Gasteiger partial charge in [0.2, 0.25) is 0 Å². The maximum Gasteiger partial charge on any atom is 0.159 e. The minimum atomic E-state index is 0.745. The molecule has 0 aromatic carbocycles. The predicted octanol–water partition coefficient (Wildman–Crippen LogP) is 3.48. The maximum atomic E-state index is 5.72. The number of aromatic nitrogens is 1. The number of furan rings is 1. The van der Waals surface area contributed by atoms with Gasteiger partial charge in [0.15, 0.2) is 5.17 Å². The lowest BCUT2D eigenvalue weighted by Crippen LogP contribution is -2.29. The van der Waals surface area contributed by atoms with Crippen molar-refractivity contribution in [2.24, 2.45) is 4.99 Å². The molecule has 2 aromatic rings. The normalized spacial score (nSPS) is 14.8. The number of aryl methyl sites for hydroxylation is 1. The summed E-state index contributed by atoms with van der Waals surface area (Å²) in [7, 11) is 0. The smallest absolute Gasteiger partial charge is 0.159 e. The van der Waals surface area contributed by atoms with Crippen LogP contribution in [0.15, 0.2) is 46.1 Å². The fourth-order valence-electron chi connectivity index (χ4n) is 2.30. The molecular formula is C16H19N3OS. The van der Waals surface area contributed by atoms with Crippen LogP contribution in [0.5, 0.6) is 0 Å². The second-order valence-electron chi connectivity index (χ2n) is 5.10. The SMILES string of the molecule is Cc1ccc(CN(Cc2cccnc2)C2=NCCCS2)o1. The van der Waals surface area contributed by atoms with Crippen molar-refractivity contribution in [3.05, 3.63) is 53.7 Å². The van der Waals surface area contributed by atoms with Crippen LogP contribution in [0.3, 0.4) is 0 Å². The summed E-state index contributed by atoms with van der Waals surface area (Å²) in [4.78, 5) is 11.1. The first-order valence-electron chi connectivity index (χ1n) is 7.18. The Labute approximate surface area is 129 Å². The molecule has 0 atom stereocenters. The zero-order chi connectivity index (χ0) is 14.5. The van der Waals surface area contributed by atoms with Crippen molar-refractivity contribution in [2.75, 3.05) is 12.3 Å². The van der Waals surface area contributed by atoms with Gasteiger partial charge in [0, 0.05) is 31.2 Å². The Balaban J connectivity index is 1.78. The lowest BCUT2D eigenvalue weighted by molar-refractivity contribution is 0.354. The molecule has 0 fully saturated rings. The summed E-state index contributed by atoms with van der Waals surface area (Å²) in [6.07, 6.45) is 4.87. The van der Waals surface area contributed by atoms with Gasteiger partial charge in [-0.3, -0.25) is 9.98 Å². The molecule has 3 rings (SSSR count). The van der Waals surface area contributed by atoms with Crippen molar-refractivity contribution >= 4 is 16.9 Å². The number of amidine groups is 1. The summed E-state index contributed by atoms with van der Waals surface area (Å²) in [6.45, 7) is 4.44. The summed E-state index contributed by atoms with van der Waals surface area (Å²) in [5.41, 5.74) is 1.19. The zero-order valence-electron chi connectivity index (χ0n) is 12.2. The van der Waals surface area contributed by atoms with Gasteiger partial charge in [-0.05, 0) is 37.1 Å². The molecule has 1 aliphatic rings. The number of thioether (sulfide) groups is 1. The van der Waals surface area contributed by atoms with Crippen LogP contribution in [-0.2, 0) is 13.1 Å². The summed E-state index contributed by atoms with van der Waals surface area (Å²) in [5, 5.41) is 1.11. The van der Waals surface area contributed by atoms with Crippen molar-refractivity contribution in [3.8, 4) is 0 Å². The Bertz CT molecular complexity index is 609. The van der Waals surface area contributed by atoms with Gasteiger partial charge in [-0.15, -0.1) is 0 Å². The molecule has 110 valence electrons. The van der Waals surface area contributed by atoms with Gasteiger partial charge in [-0.1, -0.05) is 17.8 Å². The van der Waals surface area contributed by atoms with Crippen LogP contribution in [0.2, 0.25) is 0 Å². The Morgan fingerprint density at radius 2 is 2.24 bits per heavy atom. The molecule has 0 radical (unpaired) electrons. The molecule has 0 spiro atoms. The molecular weight excluding hydrogens is 282 g/mol. The lowest BCUT2D eigenvalue weighted by Gasteiger charge is -2.26. The Kier molecular flexibility index (Phi) is 4.60. The van der Waals surface area contributed by atoms with Gasteiger partial charge in [0.1, 0.15) is 11.5 Å². The summed E-state index contributed by atoms with van der Waals surface area (Å²) in [6, 6.07) is 8.12. The third-order valence-corrected chi connectivity index (χ3v) is 4.43. The van der Waals surface area contributed by atoms with E-state index in [1.807, 2.05) is 43.1 Å². The van der Waals surface area contributed by atoms with Crippen molar-refractivity contribution in [1.29, 1.82) is 0 Å². The van der Waals surface area contributed by atoms with E-state index in [0.717, 1.165) is 48.5 Å². The first kappa shape index (κ1) is 14.2. The van der Waals surface area contributed by atoms with Gasteiger partial charge in [0.05, 0.1) is 6.54 Å². The van der Waals surface area contributed by atoms with Gasteiger partial charge < -0.3 is 9.32 Å². The summed E-state index contributed by atoms with van der Waals surface area (Å²) in [5.74, 6) is 3.06. The first-order valence-corrected chi connectivity index (χ1v) is 8.16. The second kappa shape index (κ2) is 6.80. The molecule has 2 aromatic heterocycles.